The smallest absolute Gasteiger partial charge is 0.160 e. The first-order chi connectivity index (χ1) is 11.2. The lowest BCUT2D eigenvalue weighted by molar-refractivity contribution is 0.389. The Morgan fingerprint density at radius 2 is 1.61 bits per heavy atom. The topological polar surface area (TPSA) is 34.0 Å². The summed E-state index contributed by atoms with van der Waals surface area (Å²) in [6.07, 6.45) is 1.09. The van der Waals surface area contributed by atoms with Crippen molar-refractivity contribution < 1.29 is 0 Å². The van der Waals surface area contributed by atoms with Crippen molar-refractivity contribution in [2.45, 2.75) is 13.0 Å². The van der Waals surface area contributed by atoms with E-state index in [9.17, 15) is 0 Å². The molecule has 0 saturated heterocycles. The van der Waals surface area contributed by atoms with Crippen molar-refractivity contribution in [3.05, 3.63) is 48.5 Å². The Bertz CT molecular complexity index is 985. The van der Waals surface area contributed by atoms with Gasteiger partial charge < -0.3 is 9.47 Å². The maximum absolute atomic E-state index is 4.90. The molecule has 4 aromatic rings. The standard InChI is InChI=1S/C19H20N4/c1-22(2)12-7-13-23-17-11-6-3-8-14(17)18-19(23)21-16-10-5-4-9-15(16)20-18/h3-6,8-11H,7,12-13H2,1-2H3. The number of aromatic nitrogens is 3. The van der Waals surface area contributed by atoms with Gasteiger partial charge in [0.1, 0.15) is 5.52 Å². The highest BCUT2D eigenvalue weighted by Crippen LogP contribution is 2.28. The van der Waals surface area contributed by atoms with E-state index in [1.165, 1.54) is 10.9 Å². The molecule has 4 rings (SSSR count). The van der Waals surface area contributed by atoms with E-state index < -0.39 is 0 Å². The summed E-state index contributed by atoms with van der Waals surface area (Å²) in [5, 5.41) is 1.19. The summed E-state index contributed by atoms with van der Waals surface area (Å²) in [5.74, 6) is 0. The van der Waals surface area contributed by atoms with E-state index in [0.717, 1.165) is 41.7 Å². The van der Waals surface area contributed by atoms with Crippen molar-refractivity contribution >= 4 is 33.1 Å². The lowest BCUT2D eigenvalue weighted by Gasteiger charge is -2.11. The Morgan fingerprint density at radius 1 is 0.913 bits per heavy atom. The molecular weight excluding hydrogens is 284 g/mol. The lowest BCUT2D eigenvalue weighted by atomic mass is 10.2. The largest absolute Gasteiger partial charge is 0.324 e. The number of hydrogen-bond donors (Lipinski definition) is 0. The molecule has 0 spiro atoms. The van der Waals surface area contributed by atoms with Crippen LogP contribution in [0.4, 0.5) is 0 Å². The predicted octanol–water partition coefficient (Wildman–Crippen LogP) is 3.69. The van der Waals surface area contributed by atoms with E-state index in [4.69, 9.17) is 9.97 Å². The van der Waals surface area contributed by atoms with Gasteiger partial charge >= 0.3 is 0 Å². The highest BCUT2D eigenvalue weighted by Gasteiger charge is 2.13. The Balaban J connectivity index is 1.95. The van der Waals surface area contributed by atoms with Gasteiger partial charge in [-0.2, -0.15) is 0 Å². The number of para-hydroxylation sites is 3. The number of fused-ring (bicyclic) bond motifs is 4. The van der Waals surface area contributed by atoms with E-state index in [1.54, 1.807) is 0 Å². The third-order valence-electron chi connectivity index (χ3n) is 4.24. The molecule has 0 aliphatic heterocycles. The summed E-state index contributed by atoms with van der Waals surface area (Å²) >= 11 is 0. The second-order valence-corrected chi connectivity index (χ2v) is 6.21. The van der Waals surface area contributed by atoms with Gasteiger partial charge in [-0.15, -0.1) is 0 Å². The summed E-state index contributed by atoms with van der Waals surface area (Å²) in [6.45, 7) is 2.02. The fourth-order valence-corrected chi connectivity index (χ4v) is 3.15. The van der Waals surface area contributed by atoms with Crippen LogP contribution in [0.2, 0.25) is 0 Å². The third kappa shape index (κ3) is 2.45. The van der Waals surface area contributed by atoms with Crippen molar-refractivity contribution in [1.29, 1.82) is 0 Å². The van der Waals surface area contributed by atoms with Crippen LogP contribution in [0, 0.1) is 0 Å². The first-order valence-corrected chi connectivity index (χ1v) is 8.02. The minimum absolute atomic E-state index is 0.954. The van der Waals surface area contributed by atoms with Crippen LogP contribution in [0.3, 0.4) is 0 Å². The molecular formula is C19H20N4. The van der Waals surface area contributed by atoms with Crippen LogP contribution < -0.4 is 0 Å². The average molecular weight is 304 g/mol. The van der Waals surface area contributed by atoms with Gasteiger partial charge in [0.15, 0.2) is 5.65 Å². The Hall–Kier alpha value is -2.46. The van der Waals surface area contributed by atoms with E-state index in [0.29, 0.717) is 0 Å². The lowest BCUT2D eigenvalue weighted by Crippen LogP contribution is -2.15. The molecule has 0 unspecified atom stereocenters. The molecule has 0 fully saturated rings. The molecule has 116 valence electrons. The molecule has 2 heterocycles. The van der Waals surface area contributed by atoms with Crippen LogP contribution in [0.25, 0.3) is 33.1 Å². The minimum Gasteiger partial charge on any atom is -0.324 e. The van der Waals surface area contributed by atoms with Gasteiger partial charge in [-0.25, -0.2) is 9.97 Å². The van der Waals surface area contributed by atoms with E-state index >= 15 is 0 Å². The van der Waals surface area contributed by atoms with Crippen LogP contribution in [0.15, 0.2) is 48.5 Å². The number of rotatable bonds is 4. The zero-order valence-electron chi connectivity index (χ0n) is 13.5. The second-order valence-electron chi connectivity index (χ2n) is 6.21. The molecule has 2 aromatic heterocycles. The number of hydrogen-bond acceptors (Lipinski definition) is 3. The molecule has 0 atom stereocenters. The second kappa shape index (κ2) is 5.63. The Morgan fingerprint density at radius 3 is 2.39 bits per heavy atom. The summed E-state index contributed by atoms with van der Waals surface area (Å²) < 4.78 is 2.31. The molecule has 0 saturated carbocycles. The SMILES string of the molecule is CN(C)CCCn1c2ccccc2c2nc3ccccc3nc21. The van der Waals surface area contributed by atoms with Crippen LogP contribution in [0.5, 0.6) is 0 Å². The quantitative estimate of drug-likeness (QED) is 0.576. The van der Waals surface area contributed by atoms with Crippen LogP contribution >= 0.6 is 0 Å². The van der Waals surface area contributed by atoms with E-state index in [2.05, 4.69) is 47.8 Å². The average Bonchev–Trinajstić information content (AvgIpc) is 2.86. The molecule has 4 nitrogen and oxygen atoms in total. The summed E-state index contributed by atoms with van der Waals surface area (Å²) in [7, 11) is 4.22. The van der Waals surface area contributed by atoms with Crippen LogP contribution in [-0.2, 0) is 6.54 Å². The molecule has 0 aliphatic carbocycles. The monoisotopic (exact) mass is 304 g/mol. The first-order valence-electron chi connectivity index (χ1n) is 8.02. The molecule has 0 N–H and O–H groups in total. The van der Waals surface area contributed by atoms with Crippen molar-refractivity contribution in [3.63, 3.8) is 0 Å². The first kappa shape index (κ1) is 14.2. The highest BCUT2D eigenvalue weighted by molar-refractivity contribution is 6.06. The predicted molar refractivity (Wildman–Crippen MR) is 95.7 cm³/mol. The van der Waals surface area contributed by atoms with Crippen molar-refractivity contribution in [2.75, 3.05) is 20.6 Å². The van der Waals surface area contributed by atoms with E-state index in [1.807, 2.05) is 24.3 Å². The van der Waals surface area contributed by atoms with Crippen LogP contribution in [0.1, 0.15) is 6.42 Å². The van der Waals surface area contributed by atoms with Crippen molar-refractivity contribution in [1.82, 2.24) is 19.4 Å². The summed E-state index contributed by atoms with van der Waals surface area (Å²) in [5.41, 5.74) is 5.12. The van der Waals surface area contributed by atoms with Crippen LogP contribution in [-0.4, -0.2) is 40.1 Å². The Kier molecular flexibility index (Phi) is 3.46. The Labute approximate surface area is 135 Å². The third-order valence-corrected chi connectivity index (χ3v) is 4.24. The number of benzene rings is 2. The number of aryl methyl sites for hydroxylation is 1. The molecule has 0 aliphatic rings. The van der Waals surface area contributed by atoms with Gasteiger partial charge in [0, 0.05) is 11.9 Å². The van der Waals surface area contributed by atoms with Gasteiger partial charge in [-0.1, -0.05) is 30.3 Å². The maximum atomic E-state index is 4.90. The summed E-state index contributed by atoms with van der Waals surface area (Å²) in [6, 6.07) is 16.6. The molecule has 23 heavy (non-hydrogen) atoms. The van der Waals surface area contributed by atoms with Crippen molar-refractivity contribution in [2.24, 2.45) is 0 Å². The van der Waals surface area contributed by atoms with Gasteiger partial charge in [0.25, 0.3) is 0 Å². The molecule has 4 heteroatoms. The van der Waals surface area contributed by atoms with Gasteiger partial charge in [0.2, 0.25) is 0 Å². The summed E-state index contributed by atoms with van der Waals surface area (Å²) in [4.78, 5) is 12.0. The fraction of sp³-hybridized carbons (Fsp3) is 0.263. The molecule has 2 aromatic carbocycles. The molecule has 0 radical (unpaired) electrons. The van der Waals surface area contributed by atoms with Gasteiger partial charge in [-0.05, 0) is 45.3 Å². The van der Waals surface area contributed by atoms with E-state index in [-0.39, 0.29) is 0 Å². The molecule has 0 amide bonds. The van der Waals surface area contributed by atoms with Crippen molar-refractivity contribution in [3.8, 4) is 0 Å². The normalized spacial score (nSPS) is 12.0. The molecule has 0 bridgehead atoms. The minimum atomic E-state index is 0.954. The fourth-order valence-electron chi connectivity index (χ4n) is 3.15. The van der Waals surface area contributed by atoms with Gasteiger partial charge in [0.05, 0.1) is 16.6 Å². The zero-order chi connectivity index (χ0) is 15.8. The maximum Gasteiger partial charge on any atom is 0.160 e. The zero-order valence-corrected chi connectivity index (χ0v) is 13.5. The highest BCUT2D eigenvalue weighted by atomic mass is 15.1. The number of nitrogens with zero attached hydrogens (tertiary/aromatic N) is 4. The van der Waals surface area contributed by atoms with Gasteiger partial charge in [-0.3, -0.25) is 0 Å².